The van der Waals surface area contributed by atoms with Crippen LogP contribution in [0.3, 0.4) is 0 Å². The van der Waals surface area contributed by atoms with Gasteiger partial charge < -0.3 is 0 Å². The highest BCUT2D eigenvalue weighted by Crippen LogP contribution is 2.11. The van der Waals surface area contributed by atoms with Crippen LogP contribution < -0.4 is 0 Å². The minimum atomic E-state index is 0.608. The van der Waals surface area contributed by atoms with Gasteiger partial charge >= 0.3 is 0 Å². The van der Waals surface area contributed by atoms with Gasteiger partial charge in [-0.2, -0.15) is 0 Å². The lowest BCUT2D eigenvalue weighted by Gasteiger charge is -2.24. The van der Waals surface area contributed by atoms with Gasteiger partial charge in [0.2, 0.25) is 0 Å². The summed E-state index contributed by atoms with van der Waals surface area (Å²) in [7, 11) is 0. The topological polar surface area (TPSA) is 3.24 Å². The number of halogens is 1. The van der Waals surface area contributed by atoms with Gasteiger partial charge in [-0.05, 0) is 31.5 Å². The number of rotatable bonds is 3. The van der Waals surface area contributed by atoms with Crippen molar-refractivity contribution in [2.75, 3.05) is 25.5 Å². The van der Waals surface area contributed by atoms with E-state index in [1.807, 2.05) is 0 Å². The fourth-order valence-corrected chi connectivity index (χ4v) is 1.91. The van der Waals surface area contributed by atoms with Gasteiger partial charge in [0, 0.05) is 12.4 Å². The van der Waals surface area contributed by atoms with Crippen LogP contribution in [0.15, 0.2) is 12.2 Å². The molecule has 2 heteroatoms. The summed E-state index contributed by atoms with van der Waals surface area (Å²) in [5.74, 6) is 0.608. The summed E-state index contributed by atoms with van der Waals surface area (Å²) >= 11 is 5.72. The van der Waals surface area contributed by atoms with E-state index in [1.165, 1.54) is 45.2 Å². The molecule has 1 aliphatic rings. The molecule has 0 aromatic carbocycles. The molecular formula is C11H20ClN. The first-order valence-corrected chi connectivity index (χ1v) is 5.81. The van der Waals surface area contributed by atoms with E-state index in [0.717, 1.165) is 12.1 Å². The van der Waals surface area contributed by atoms with Crippen molar-refractivity contribution in [2.24, 2.45) is 0 Å². The molecule has 76 valence electrons. The molecule has 1 fully saturated rings. The maximum atomic E-state index is 5.72. The minimum Gasteiger partial charge on any atom is -0.299 e. The maximum absolute atomic E-state index is 5.72. The molecule has 0 amide bonds. The lowest BCUT2D eigenvalue weighted by atomic mass is 10.1. The highest BCUT2D eigenvalue weighted by atomic mass is 35.5. The maximum Gasteiger partial charge on any atom is 0.0443 e. The van der Waals surface area contributed by atoms with Crippen LogP contribution in [-0.2, 0) is 0 Å². The van der Waals surface area contributed by atoms with Crippen molar-refractivity contribution in [1.29, 1.82) is 0 Å². The number of nitrogens with zero attached hydrogens (tertiary/aromatic N) is 1. The molecule has 1 aliphatic heterocycles. The Morgan fingerprint density at radius 2 is 1.62 bits per heavy atom. The van der Waals surface area contributed by atoms with Crippen molar-refractivity contribution >= 4 is 11.6 Å². The predicted molar refractivity (Wildman–Crippen MR) is 59.4 cm³/mol. The highest BCUT2D eigenvalue weighted by Gasteiger charge is 2.08. The Labute approximate surface area is 86.8 Å². The van der Waals surface area contributed by atoms with Gasteiger partial charge in [-0.3, -0.25) is 4.90 Å². The zero-order chi connectivity index (χ0) is 9.52. The molecule has 0 N–H and O–H groups in total. The van der Waals surface area contributed by atoms with Gasteiger partial charge in [0.05, 0.1) is 0 Å². The van der Waals surface area contributed by atoms with Crippen LogP contribution >= 0.6 is 11.6 Å². The smallest absolute Gasteiger partial charge is 0.0443 e. The number of hydrogen-bond donors (Lipinski definition) is 0. The first-order valence-electron chi connectivity index (χ1n) is 5.28. The van der Waals surface area contributed by atoms with Crippen molar-refractivity contribution in [3.8, 4) is 0 Å². The Balaban J connectivity index is 2.25. The van der Waals surface area contributed by atoms with E-state index in [1.54, 1.807) is 0 Å². The summed E-state index contributed by atoms with van der Waals surface area (Å²) in [6, 6.07) is 0. The van der Waals surface area contributed by atoms with E-state index in [-0.39, 0.29) is 0 Å². The molecule has 0 saturated carbocycles. The van der Waals surface area contributed by atoms with Crippen LogP contribution in [0.5, 0.6) is 0 Å². The molecule has 0 aliphatic carbocycles. The SMILES string of the molecule is C=C(CCl)CN1CCCCCCC1. The Kier molecular flexibility index (Phi) is 5.49. The molecule has 0 spiro atoms. The summed E-state index contributed by atoms with van der Waals surface area (Å²) in [6.07, 6.45) is 6.89. The zero-order valence-electron chi connectivity index (χ0n) is 8.40. The molecule has 0 atom stereocenters. The quantitative estimate of drug-likeness (QED) is 0.501. The summed E-state index contributed by atoms with van der Waals surface area (Å²) in [6.45, 7) is 7.42. The first kappa shape index (κ1) is 11.1. The van der Waals surface area contributed by atoms with Gasteiger partial charge in [0.15, 0.2) is 0 Å². The average molecular weight is 202 g/mol. The van der Waals surface area contributed by atoms with Gasteiger partial charge in [-0.25, -0.2) is 0 Å². The van der Waals surface area contributed by atoms with Gasteiger partial charge in [0.25, 0.3) is 0 Å². The lowest BCUT2D eigenvalue weighted by Crippen LogP contribution is -2.29. The van der Waals surface area contributed by atoms with Gasteiger partial charge in [-0.1, -0.05) is 25.8 Å². The van der Waals surface area contributed by atoms with Crippen molar-refractivity contribution in [3.05, 3.63) is 12.2 Å². The second kappa shape index (κ2) is 6.44. The van der Waals surface area contributed by atoms with E-state index in [9.17, 15) is 0 Å². The van der Waals surface area contributed by atoms with E-state index in [0.29, 0.717) is 5.88 Å². The first-order chi connectivity index (χ1) is 6.33. The Bertz CT molecular complexity index is 148. The number of alkyl halides is 1. The Morgan fingerprint density at radius 3 is 2.15 bits per heavy atom. The normalized spacial score (nSPS) is 20.7. The van der Waals surface area contributed by atoms with Crippen molar-refractivity contribution in [3.63, 3.8) is 0 Å². The second-order valence-electron chi connectivity index (χ2n) is 3.93. The molecule has 1 saturated heterocycles. The van der Waals surface area contributed by atoms with Crippen LogP contribution in [0.1, 0.15) is 32.1 Å². The third-order valence-corrected chi connectivity index (χ3v) is 2.96. The molecule has 0 aromatic rings. The molecular weight excluding hydrogens is 182 g/mol. The van der Waals surface area contributed by atoms with Gasteiger partial charge in [0.1, 0.15) is 0 Å². The van der Waals surface area contributed by atoms with Crippen LogP contribution in [0.25, 0.3) is 0 Å². The van der Waals surface area contributed by atoms with Crippen LogP contribution in [0, 0.1) is 0 Å². The monoisotopic (exact) mass is 201 g/mol. The molecule has 0 aromatic heterocycles. The highest BCUT2D eigenvalue weighted by molar-refractivity contribution is 6.19. The Hall–Kier alpha value is -0.0100. The third-order valence-electron chi connectivity index (χ3n) is 2.58. The second-order valence-corrected chi connectivity index (χ2v) is 4.19. The molecule has 0 radical (unpaired) electrons. The molecule has 0 unspecified atom stereocenters. The molecule has 13 heavy (non-hydrogen) atoms. The fraction of sp³-hybridized carbons (Fsp3) is 0.818. The van der Waals surface area contributed by atoms with E-state index in [2.05, 4.69) is 11.5 Å². The number of likely N-dealkylation sites (tertiary alicyclic amines) is 1. The van der Waals surface area contributed by atoms with E-state index in [4.69, 9.17) is 11.6 Å². The fourth-order valence-electron chi connectivity index (χ4n) is 1.83. The van der Waals surface area contributed by atoms with Crippen LogP contribution in [0.4, 0.5) is 0 Å². The summed E-state index contributed by atoms with van der Waals surface area (Å²) in [5, 5.41) is 0. The lowest BCUT2D eigenvalue weighted by molar-refractivity contribution is 0.266. The van der Waals surface area contributed by atoms with Crippen molar-refractivity contribution in [2.45, 2.75) is 32.1 Å². The Morgan fingerprint density at radius 1 is 1.08 bits per heavy atom. The average Bonchev–Trinajstić information content (AvgIpc) is 2.09. The summed E-state index contributed by atoms with van der Waals surface area (Å²) < 4.78 is 0. The van der Waals surface area contributed by atoms with Crippen LogP contribution in [-0.4, -0.2) is 30.4 Å². The molecule has 1 nitrogen and oxygen atoms in total. The molecule has 1 rings (SSSR count). The summed E-state index contributed by atoms with van der Waals surface area (Å²) in [5.41, 5.74) is 1.15. The third kappa shape index (κ3) is 4.68. The van der Waals surface area contributed by atoms with E-state index >= 15 is 0 Å². The minimum absolute atomic E-state index is 0.608. The zero-order valence-corrected chi connectivity index (χ0v) is 9.15. The number of hydrogen-bond acceptors (Lipinski definition) is 1. The molecule has 0 bridgehead atoms. The van der Waals surface area contributed by atoms with Crippen molar-refractivity contribution < 1.29 is 0 Å². The molecule has 1 heterocycles. The summed E-state index contributed by atoms with van der Waals surface area (Å²) in [4.78, 5) is 2.49. The van der Waals surface area contributed by atoms with Crippen LogP contribution in [0.2, 0.25) is 0 Å². The largest absolute Gasteiger partial charge is 0.299 e. The van der Waals surface area contributed by atoms with E-state index < -0.39 is 0 Å². The van der Waals surface area contributed by atoms with Crippen molar-refractivity contribution in [1.82, 2.24) is 4.90 Å². The standard InChI is InChI=1S/C11H20ClN/c1-11(9-12)10-13-7-5-3-2-4-6-8-13/h1-10H2. The van der Waals surface area contributed by atoms with Gasteiger partial charge in [-0.15, -0.1) is 11.6 Å². The predicted octanol–water partition coefficient (Wildman–Crippen LogP) is 3.05.